The highest BCUT2D eigenvalue weighted by Crippen LogP contribution is 2.25. The van der Waals surface area contributed by atoms with Crippen LogP contribution in [0.3, 0.4) is 0 Å². The van der Waals surface area contributed by atoms with Gasteiger partial charge in [-0.2, -0.15) is 0 Å². The Labute approximate surface area is 220 Å². The highest BCUT2D eigenvalue weighted by Gasteiger charge is 2.28. The van der Waals surface area contributed by atoms with E-state index in [9.17, 15) is 4.79 Å². The molecular formula is C30H38N6O. The van der Waals surface area contributed by atoms with E-state index in [2.05, 4.69) is 67.7 Å². The fraction of sp³-hybridized carbons (Fsp3) is 0.467. The van der Waals surface area contributed by atoms with Crippen LogP contribution in [-0.2, 0) is 26.6 Å². The van der Waals surface area contributed by atoms with Crippen LogP contribution in [0, 0.1) is 0 Å². The van der Waals surface area contributed by atoms with Gasteiger partial charge in [-0.1, -0.05) is 24.3 Å². The molecule has 3 aliphatic heterocycles. The van der Waals surface area contributed by atoms with Crippen molar-refractivity contribution in [1.82, 2.24) is 24.3 Å². The molecule has 0 spiro atoms. The van der Waals surface area contributed by atoms with Crippen LogP contribution in [0.15, 0.2) is 60.9 Å². The van der Waals surface area contributed by atoms with Gasteiger partial charge >= 0.3 is 0 Å². The summed E-state index contributed by atoms with van der Waals surface area (Å²) in [6.07, 6.45) is 7.26. The molecule has 0 aliphatic carbocycles. The maximum atomic E-state index is 13.1. The van der Waals surface area contributed by atoms with Crippen molar-refractivity contribution in [3.63, 3.8) is 0 Å². The summed E-state index contributed by atoms with van der Waals surface area (Å²) >= 11 is 0. The summed E-state index contributed by atoms with van der Waals surface area (Å²) < 4.78 is 2.12. The van der Waals surface area contributed by atoms with E-state index < -0.39 is 0 Å². The first-order chi connectivity index (χ1) is 18.1. The Hall–Kier alpha value is -3.16. The molecule has 4 heterocycles. The third-order valence-corrected chi connectivity index (χ3v) is 8.57. The van der Waals surface area contributed by atoms with Crippen LogP contribution in [0.2, 0.25) is 0 Å². The van der Waals surface area contributed by atoms with Gasteiger partial charge in [-0.25, -0.2) is 4.98 Å². The number of hydrogen-bond donors (Lipinski definition) is 0. The summed E-state index contributed by atoms with van der Waals surface area (Å²) in [6.45, 7) is 9.13. The van der Waals surface area contributed by atoms with E-state index >= 15 is 0 Å². The third kappa shape index (κ3) is 5.29. The SMILES string of the molecule is Cn1ccnc1CN1CCN(C2CCN(c3ccc(C(=O)N4CCc5ccccc5C4)cc3)CC2)CC1. The second kappa shape index (κ2) is 10.7. The molecule has 3 aliphatic rings. The number of piperidine rings is 1. The van der Waals surface area contributed by atoms with Gasteiger partial charge in [0.15, 0.2) is 0 Å². The molecule has 0 unspecified atom stereocenters. The first-order valence-electron chi connectivity index (χ1n) is 13.8. The molecule has 7 heteroatoms. The molecule has 37 heavy (non-hydrogen) atoms. The monoisotopic (exact) mass is 498 g/mol. The van der Waals surface area contributed by atoms with Crippen molar-refractivity contribution in [1.29, 1.82) is 0 Å². The first kappa shape index (κ1) is 24.2. The van der Waals surface area contributed by atoms with Crippen molar-refractivity contribution in [2.75, 3.05) is 50.7 Å². The molecule has 2 fully saturated rings. The highest BCUT2D eigenvalue weighted by atomic mass is 16.2. The number of aromatic nitrogens is 2. The van der Waals surface area contributed by atoms with Crippen molar-refractivity contribution < 1.29 is 4.79 Å². The van der Waals surface area contributed by atoms with E-state index in [0.29, 0.717) is 12.6 Å². The summed E-state index contributed by atoms with van der Waals surface area (Å²) in [7, 11) is 2.08. The summed E-state index contributed by atoms with van der Waals surface area (Å²) in [6, 6.07) is 17.5. The molecule has 0 atom stereocenters. The molecule has 2 saturated heterocycles. The molecule has 0 saturated carbocycles. The minimum Gasteiger partial charge on any atom is -0.371 e. The Morgan fingerprint density at radius 2 is 1.62 bits per heavy atom. The maximum absolute atomic E-state index is 13.1. The second-order valence-electron chi connectivity index (χ2n) is 10.8. The molecule has 0 N–H and O–H groups in total. The molecular weight excluding hydrogens is 460 g/mol. The van der Waals surface area contributed by atoms with Crippen LogP contribution >= 0.6 is 0 Å². The van der Waals surface area contributed by atoms with Crippen LogP contribution in [0.4, 0.5) is 5.69 Å². The van der Waals surface area contributed by atoms with E-state index in [1.54, 1.807) is 0 Å². The topological polar surface area (TPSA) is 47.9 Å². The number of aryl methyl sites for hydroxylation is 1. The average molecular weight is 499 g/mol. The van der Waals surface area contributed by atoms with Crippen LogP contribution < -0.4 is 4.90 Å². The minimum atomic E-state index is 0.141. The van der Waals surface area contributed by atoms with E-state index in [4.69, 9.17) is 0 Å². The number of rotatable bonds is 5. The number of anilines is 1. The molecule has 7 nitrogen and oxygen atoms in total. The number of nitrogens with zero attached hydrogens (tertiary/aromatic N) is 6. The number of piperazine rings is 1. The van der Waals surface area contributed by atoms with E-state index in [1.807, 2.05) is 29.4 Å². The average Bonchev–Trinajstić information content (AvgIpc) is 3.37. The van der Waals surface area contributed by atoms with Gasteiger partial charge in [0.1, 0.15) is 5.82 Å². The quantitative estimate of drug-likeness (QED) is 0.540. The van der Waals surface area contributed by atoms with Crippen molar-refractivity contribution in [2.45, 2.75) is 38.4 Å². The molecule has 6 rings (SSSR count). The van der Waals surface area contributed by atoms with Crippen LogP contribution in [0.1, 0.15) is 40.2 Å². The van der Waals surface area contributed by atoms with Gasteiger partial charge in [-0.05, 0) is 54.7 Å². The molecule has 2 aromatic carbocycles. The van der Waals surface area contributed by atoms with Crippen LogP contribution in [0.5, 0.6) is 0 Å². The zero-order valence-corrected chi connectivity index (χ0v) is 21.9. The smallest absolute Gasteiger partial charge is 0.254 e. The molecule has 3 aromatic rings. The molecule has 194 valence electrons. The largest absolute Gasteiger partial charge is 0.371 e. The maximum Gasteiger partial charge on any atom is 0.254 e. The number of imidazole rings is 1. The zero-order chi connectivity index (χ0) is 25.2. The summed E-state index contributed by atoms with van der Waals surface area (Å²) in [4.78, 5) is 27.3. The van der Waals surface area contributed by atoms with Gasteiger partial charge < -0.3 is 14.4 Å². The lowest BCUT2D eigenvalue weighted by Crippen LogP contribution is -2.53. The minimum absolute atomic E-state index is 0.141. The predicted molar refractivity (Wildman–Crippen MR) is 147 cm³/mol. The highest BCUT2D eigenvalue weighted by molar-refractivity contribution is 5.94. The van der Waals surface area contributed by atoms with Crippen molar-refractivity contribution >= 4 is 11.6 Å². The number of hydrogen-bond acceptors (Lipinski definition) is 5. The second-order valence-corrected chi connectivity index (χ2v) is 10.8. The molecule has 1 aromatic heterocycles. The van der Waals surface area contributed by atoms with Crippen LogP contribution in [0.25, 0.3) is 0 Å². The third-order valence-electron chi connectivity index (χ3n) is 8.57. The number of amides is 1. The standard InChI is InChI=1S/C30H38N6O/c1-32-17-13-31-29(32)23-33-18-20-35(21-19-33)28-11-15-34(16-12-28)27-8-6-25(7-9-27)30(37)36-14-10-24-4-2-3-5-26(24)22-36/h2-9,13,17,28H,10-12,14-16,18-23H2,1H3. The van der Waals surface area contributed by atoms with Gasteiger partial charge in [0.05, 0.1) is 6.54 Å². The van der Waals surface area contributed by atoms with Gasteiger partial charge in [0.2, 0.25) is 0 Å². The molecule has 0 radical (unpaired) electrons. The fourth-order valence-electron chi connectivity index (χ4n) is 6.19. The van der Waals surface area contributed by atoms with E-state index in [1.165, 1.54) is 29.7 Å². The van der Waals surface area contributed by atoms with E-state index in [-0.39, 0.29) is 5.91 Å². The number of carbonyl (C=O) groups excluding carboxylic acids is 1. The summed E-state index contributed by atoms with van der Waals surface area (Å²) in [5.74, 6) is 1.29. The van der Waals surface area contributed by atoms with Crippen molar-refractivity contribution in [3.05, 3.63) is 83.4 Å². The fourth-order valence-corrected chi connectivity index (χ4v) is 6.19. The lowest BCUT2D eigenvalue weighted by Gasteiger charge is -2.43. The predicted octanol–water partition coefficient (Wildman–Crippen LogP) is 3.41. The normalized spacial score (nSPS) is 19.7. The van der Waals surface area contributed by atoms with Gasteiger partial charge in [0, 0.05) is 89.1 Å². The van der Waals surface area contributed by atoms with Gasteiger partial charge in [-0.15, -0.1) is 0 Å². The Morgan fingerprint density at radius 3 is 2.32 bits per heavy atom. The lowest BCUT2D eigenvalue weighted by atomic mass is 9.99. The Balaban J connectivity index is 0.981. The Kier molecular flexibility index (Phi) is 6.98. The lowest BCUT2D eigenvalue weighted by molar-refractivity contribution is 0.0734. The summed E-state index contributed by atoms with van der Waals surface area (Å²) in [5.41, 5.74) is 4.67. The van der Waals surface area contributed by atoms with Crippen molar-refractivity contribution in [2.24, 2.45) is 7.05 Å². The zero-order valence-electron chi connectivity index (χ0n) is 21.9. The molecule has 0 bridgehead atoms. The number of carbonyl (C=O) groups is 1. The number of fused-ring (bicyclic) bond motifs is 1. The van der Waals surface area contributed by atoms with Gasteiger partial charge in [0.25, 0.3) is 5.91 Å². The number of benzene rings is 2. The molecule has 1 amide bonds. The van der Waals surface area contributed by atoms with E-state index in [0.717, 1.165) is 70.2 Å². The Morgan fingerprint density at radius 1 is 0.892 bits per heavy atom. The van der Waals surface area contributed by atoms with Crippen molar-refractivity contribution in [3.8, 4) is 0 Å². The summed E-state index contributed by atoms with van der Waals surface area (Å²) in [5, 5.41) is 0. The Bertz CT molecular complexity index is 1200. The van der Waals surface area contributed by atoms with Crippen LogP contribution in [-0.4, -0.2) is 82.0 Å². The first-order valence-corrected chi connectivity index (χ1v) is 13.8. The van der Waals surface area contributed by atoms with Gasteiger partial charge in [-0.3, -0.25) is 14.6 Å².